The minimum atomic E-state index is -3.50. The Kier molecular flexibility index (Phi) is 3.10. The summed E-state index contributed by atoms with van der Waals surface area (Å²) < 4.78 is 25.4. The van der Waals surface area contributed by atoms with E-state index in [2.05, 4.69) is 4.98 Å². The number of nitriles is 1. The molecule has 1 aromatic rings. The molecule has 1 rings (SSSR count). The third-order valence-corrected chi connectivity index (χ3v) is 1.86. The zero-order valence-corrected chi connectivity index (χ0v) is 7.95. The molecular formula is C10H8F2N2O. The average molecular weight is 210 g/mol. The Balaban J connectivity index is 3.03. The number of rotatable bonds is 3. The van der Waals surface area contributed by atoms with Gasteiger partial charge in [0.25, 0.3) is 0 Å². The van der Waals surface area contributed by atoms with Crippen LogP contribution in [0.15, 0.2) is 24.5 Å². The van der Waals surface area contributed by atoms with Gasteiger partial charge >= 0.3 is 5.92 Å². The number of alkyl halides is 2. The molecule has 1 aromatic heterocycles. The van der Waals surface area contributed by atoms with Crippen LogP contribution < -0.4 is 0 Å². The summed E-state index contributed by atoms with van der Waals surface area (Å²) >= 11 is 0. The van der Waals surface area contributed by atoms with Gasteiger partial charge in [0.1, 0.15) is 5.92 Å². The summed E-state index contributed by atoms with van der Waals surface area (Å²) in [5.41, 5.74) is 0.235. The summed E-state index contributed by atoms with van der Waals surface area (Å²) in [6.45, 7) is 0.487. The van der Waals surface area contributed by atoms with Gasteiger partial charge in [0.2, 0.25) is 5.78 Å². The number of hydrogen-bond donors (Lipinski definition) is 0. The van der Waals surface area contributed by atoms with Crippen molar-refractivity contribution in [1.29, 1.82) is 5.26 Å². The summed E-state index contributed by atoms with van der Waals surface area (Å²) in [4.78, 5) is 14.9. The Hall–Kier alpha value is -1.83. The smallest absolute Gasteiger partial charge is 0.291 e. The molecule has 3 nitrogen and oxygen atoms in total. The van der Waals surface area contributed by atoms with E-state index in [1.807, 2.05) is 0 Å². The molecule has 78 valence electrons. The first kappa shape index (κ1) is 11.2. The standard InChI is InChI=1S/C10H8F2N2O/c1-10(11,12)9(15)8(6-13)7-2-4-14-5-3-7/h2-5,8H,1H3. The van der Waals surface area contributed by atoms with Gasteiger partial charge in [0.05, 0.1) is 6.07 Å². The van der Waals surface area contributed by atoms with E-state index in [9.17, 15) is 13.6 Å². The Labute approximate surface area is 85.4 Å². The quantitative estimate of drug-likeness (QED) is 0.765. The summed E-state index contributed by atoms with van der Waals surface area (Å²) in [5, 5.41) is 8.69. The van der Waals surface area contributed by atoms with Gasteiger partial charge in [-0.1, -0.05) is 0 Å². The van der Waals surface area contributed by atoms with Gasteiger partial charge in [0.15, 0.2) is 0 Å². The summed E-state index contributed by atoms with van der Waals surface area (Å²) in [6, 6.07) is 4.31. The second kappa shape index (κ2) is 4.13. The van der Waals surface area contributed by atoms with Crippen LogP contribution in [0.3, 0.4) is 0 Å². The SMILES string of the molecule is CC(F)(F)C(=O)C(C#N)c1ccncc1. The number of hydrogen-bond acceptors (Lipinski definition) is 3. The van der Waals surface area contributed by atoms with Gasteiger partial charge in [-0.2, -0.15) is 14.0 Å². The predicted molar refractivity (Wildman–Crippen MR) is 48.2 cm³/mol. The molecule has 0 spiro atoms. The van der Waals surface area contributed by atoms with Gasteiger partial charge in [-0.25, -0.2) is 0 Å². The molecule has 0 bridgehead atoms. The first-order chi connectivity index (χ1) is 6.96. The van der Waals surface area contributed by atoms with E-state index in [1.54, 1.807) is 6.07 Å². The fourth-order valence-corrected chi connectivity index (χ4v) is 1.09. The van der Waals surface area contributed by atoms with E-state index in [0.717, 1.165) is 0 Å². The Bertz CT molecular complexity index is 392. The molecular weight excluding hydrogens is 202 g/mol. The Morgan fingerprint density at radius 2 is 2.07 bits per heavy atom. The maximum Gasteiger partial charge on any atom is 0.304 e. The first-order valence-electron chi connectivity index (χ1n) is 4.18. The molecule has 15 heavy (non-hydrogen) atoms. The van der Waals surface area contributed by atoms with Gasteiger partial charge in [-0.3, -0.25) is 9.78 Å². The van der Waals surface area contributed by atoms with Crippen LogP contribution in [0.4, 0.5) is 8.78 Å². The maximum atomic E-state index is 12.7. The average Bonchev–Trinajstić information content (AvgIpc) is 2.19. The molecule has 0 amide bonds. The van der Waals surface area contributed by atoms with Crippen molar-refractivity contribution in [3.8, 4) is 6.07 Å². The molecule has 0 saturated heterocycles. The van der Waals surface area contributed by atoms with Crippen molar-refractivity contribution in [2.75, 3.05) is 0 Å². The minimum absolute atomic E-state index is 0.235. The molecule has 0 fully saturated rings. The second-order valence-electron chi connectivity index (χ2n) is 3.10. The largest absolute Gasteiger partial charge is 0.304 e. The molecule has 0 aliphatic heterocycles. The fraction of sp³-hybridized carbons (Fsp3) is 0.300. The third-order valence-electron chi connectivity index (χ3n) is 1.86. The van der Waals surface area contributed by atoms with Crippen LogP contribution in [0.5, 0.6) is 0 Å². The molecule has 1 heterocycles. The van der Waals surface area contributed by atoms with Crippen molar-refractivity contribution in [2.24, 2.45) is 0 Å². The molecule has 0 aliphatic rings. The summed E-state index contributed by atoms with van der Waals surface area (Å²) in [5.74, 6) is -6.33. The highest BCUT2D eigenvalue weighted by Gasteiger charge is 2.38. The predicted octanol–water partition coefficient (Wildman–Crippen LogP) is 1.91. The number of carbonyl (C=O) groups is 1. The lowest BCUT2D eigenvalue weighted by molar-refractivity contribution is -0.140. The van der Waals surface area contributed by atoms with Gasteiger partial charge < -0.3 is 0 Å². The normalized spacial score (nSPS) is 12.9. The summed E-state index contributed by atoms with van der Waals surface area (Å²) in [7, 11) is 0. The highest BCUT2D eigenvalue weighted by molar-refractivity contribution is 5.93. The Morgan fingerprint density at radius 1 is 1.53 bits per heavy atom. The zero-order valence-electron chi connectivity index (χ0n) is 7.95. The molecule has 1 atom stereocenters. The lowest BCUT2D eigenvalue weighted by Gasteiger charge is -2.13. The molecule has 1 unspecified atom stereocenters. The van der Waals surface area contributed by atoms with Crippen LogP contribution in [0.25, 0.3) is 0 Å². The highest BCUT2D eigenvalue weighted by atomic mass is 19.3. The van der Waals surface area contributed by atoms with Crippen LogP contribution in [-0.2, 0) is 4.79 Å². The lowest BCUT2D eigenvalue weighted by atomic mass is 9.94. The van der Waals surface area contributed by atoms with Crippen molar-refractivity contribution in [1.82, 2.24) is 4.98 Å². The number of halogens is 2. The maximum absolute atomic E-state index is 12.7. The van der Waals surface area contributed by atoms with E-state index in [1.165, 1.54) is 24.5 Å². The molecule has 0 aliphatic carbocycles. The van der Waals surface area contributed by atoms with Gasteiger partial charge in [0, 0.05) is 19.3 Å². The molecule has 5 heteroatoms. The zero-order chi connectivity index (χ0) is 11.5. The van der Waals surface area contributed by atoms with Crippen molar-refractivity contribution < 1.29 is 13.6 Å². The van der Waals surface area contributed by atoms with E-state index >= 15 is 0 Å². The van der Waals surface area contributed by atoms with Crippen molar-refractivity contribution >= 4 is 5.78 Å². The van der Waals surface area contributed by atoms with Crippen molar-refractivity contribution in [3.63, 3.8) is 0 Å². The van der Waals surface area contributed by atoms with Crippen molar-refractivity contribution in [2.45, 2.75) is 18.8 Å². The molecule has 0 saturated carbocycles. The fourth-order valence-electron chi connectivity index (χ4n) is 1.09. The molecule has 0 radical (unpaired) electrons. The lowest BCUT2D eigenvalue weighted by Crippen LogP contribution is -2.29. The first-order valence-corrected chi connectivity index (χ1v) is 4.18. The van der Waals surface area contributed by atoms with Crippen LogP contribution in [0.1, 0.15) is 18.4 Å². The number of nitrogens with zero attached hydrogens (tertiary/aromatic N) is 2. The van der Waals surface area contributed by atoms with Crippen LogP contribution in [-0.4, -0.2) is 16.7 Å². The van der Waals surface area contributed by atoms with E-state index in [-0.39, 0.29) is 5.56 Å². The van der Waals surface area contributed by atoms with E-state index < -0.39 is 17.6 Å². The van der Waals surface area contributed by atoms with Crippen LogP contribution in [0.2, 0.25) is 0 Å². The van der Waals surface area contributed by atoms with Crippen molar-refractivity contribution in [3.05, 3.63) is 30.1 Å². The number of ketones is 1. The number of carbonyl (C=O) groups excluding carboxylic acids is 1. The monoisotopic (exact) mass is 210 g/mol. The summed E-state index contributed by atoms with van der Waals surface area (Å²) in [6.07, 6.45) is 2.70. The minimum Gasteiger partial charge on any atom is -0.291 e. The molecule has 0 N–H and O–H groups in total. The van der Waals surface area contributed by atoms with Crippen LogP contribution in [0, 0.1) is 11.3 Å². The van der Waals surface area contributed by atoms with E-state index in [0.29, 0.717) is 6.92 Å². The van der Waals surface area contributed by atoms with Gasteiger partial charge in [-0.05, 0) is 17.7 Å². The van der Waals surface area contributed by atoms with Gasteiger partial charge in [-0.15, -0.1) is 0 Å². The van der Waals surface area contributed by atoms with E-state index in [4.69, 9.17) is 5.26 Å². The van der Waals surface area contributed by atoms with Crippen LogP contribution >= 0.6 is 0 Å². The topological polar surface area (TPSA) is 53.8 Å². The molecule has 0 aromatic carbocycles. The third kappa shape index (κ3) is 2.56. The highest BCUT2D eigenvalue weighted by Crippen LogP contribution is 2.25. The Morgan fingerprint density at radius 3 is 2.47 bits per heavy atom. The number of Topliss-reactive ketones (excluding diaryl/α,β-unsaturated/α-hetero) is 1. The number of aromatic nitrogens is 1. The number of pyridine rings is 1. The second-order valence-corrected chi connectivity index (χ2v) is 3.10.